The summed E-state index contributed by atoms with van der Waals surface area (Å²) in [5.41, 5.74) is 2.19. The van der Waals surface area contributed by atoms with E-state index in [4.69, 9.17) is 0 Å². The van der Waals surface area contributed by atoms with Crippen LogP contribution in [0, 0.1) is 30.1 Å². The second kappa shape index (κ2) is 5.35. The molecule has 0 spiro atoms. The lowest BCUT2D eigenvalue weighted by atomic mass is 9.48. The van der Waals surface area contributed by atoms with Crippen LogP contribution in [-0.4, -0.2) is 7.05 Å². The molecule has 1 nitrogen and oxygen atoms in total. The van der Waals surface area contributed by atoms with Crippen LogP contribution < -0.4 is 5.32 Å². The van der Waals surface area contributed by atoms with Crippen LogP contribution in [0.25, 0.3) is 0 Å². The molecule has 1 aromatic rings. The van der Waals surface area contributed by atoms with Gasteiger partial charge in [0.25, 0.3) is 0 Å². The summed E-state index contributed by atoms with van der Waals surface area (Å²) in [5.74, 6) is 3.18. The predicted molar refractivity (Wildman–Crippen MR) is 93.8 cm³/mol. The highest BCUT2D eigenvalue weighted by molar-refractivity contribution is 9.11. The van der Waals surface area contributed by atoms with Crippen LogP contribution in [0.15, 0.2) is 9.85 Å². The zero-order chi connectivity index (χ0) is 14.6. The Morgan fingerprint density at radius 1 is 1.24 bits per heavy atom. The molecule has 0 aromatic carbocycles. The number of aryl methyl sites for hydroxylation is 1. The predicted octanol–water partition coefficient (Wildman–Crippen LogP) is 5.69. The Morgan fingerprint density at radius 2 is 1.81 bits per heavy atom. The third-order valence-corrected chi connectivity index (χ3v) is 8.02. The minimum absolute atomic E-state index is 0.545. The van der Waals surface area contributed by atoms with E-state index in [1.54, 1.807) is 19.3 Å². The third-order valence-electron chi connectivity index (χ3n) is 6.45. The first kappa shape index (κ1) is 14.7. The molecule has 4 aliphatic carbocycles. The fourth-order valence-electron chi connectivity index (χ4n) is 6.15. The van der Waals surface area contributed by atoms with E-state index in [0.29, 0.717) is 11.5 Å². The van der Waals surface area contributed by atoms with Gasteiger partial charge in [0.05, 0.1) is 3.79 Å². The molecule has 4 aliphatic rings. The van der Waals surface area contributed by atoms with Crippen molar-refractivity contribution >= 4 is 27.3 Å². The van der Waals surface area contributed by atoms with Crippen LogP contribution in [0.5, 0.6) is 0 Å². The largest absolute Gasteiger partial charge is 0.313 e. The molecule has 5 rings (SSSR count). The first-order valence-corrected chi connectivity index (χ1v) is 10.1. The SMILES string of the molecule is CNC(CC12CC3CC(CC(C3)C1)C2)c1cc(Br)sc1C. The van der Waals surface area contributed by atoms with E-state index in [1.165, 1.54) is 39.9 Å². The Kier molecular flexibility index (Phi) is 3.75. The van der Waals surface area contributed by atoms with Crippen LogP contribution in [0.2, 0.25) is 0 Å². The van der Waals surface area contributed by atoms with Crippen molar-refractivity contribution in [1.29, 1.82) is 0 Å². The maximum Gasteiger partial charge on any atom is 0.0704 e. The highest BCUT2D eigenvalue weighted by Gasteiger charge is 2.51. The smallest absolute Gasteiger partial charge is 0.0704 e. The van der Waals surface area contributed by atoms with Crippen molar-refractivity contribution in [2.24, 2.45) is 23.2 Å². The fourth-order valence-corrected chi connectivity index (χ4v) is 7.92. The molecule has 1 aromatic heterocycles. The van der Waals surface area contributed by atoms with E-state index in [0.717, 1.165) is 17.8 Å². The van der Waals surface area contributed by atoms with E-state index in [1.807, 2.05) is 11.3 Å². The molecular formula is C18H26BrNS. The number of nitrogens with one attached hydrogen (secondary N) is 1. The number of thiophene rings is 1. The summed E-state index contributed by atoms with van der Waals surface area (Å²) in [7, 11) is 2.15. The summed E-state index contributed by atoms with van der Waals surface area (Å²) in [6, 6.07) is 2.89. The van der Waals surface area contributed by atoms with Gasteiger partial charge >= 0.3 is 0 Å². The van der Waals surface area contributed by atoms with Crippen LogP contribution in [0.3, 0.4) is 0 Å². The highest BCUT2D eigenvalue weighted by Crippen LogP contribution is 2.62. The van der Waals surface area contributed by atoms with Gasteiger partial charge in [-0.15, -0.1) is 11.3 Å². The minimum Gasteiger partial charge on any atom is -0.313 e. The normalized spacial score (nSPS) is 38.9. The summed E-state index contributed by atoms with van der Waals surface area (Å²) in [6.45, 7) is 2.27. The first-order valence-electron chi connectivity index (χ1n) is 8.50. The second-order valence-electron chi connectivity index (χ2n) is 8.02. The van der Waals surface area contributed by atoms with Gasteiger partial charge < -0.3 is 5.32 Å². The van der Waals surface area contributed by atoms with Gasteiger partial charge in [-0.2, -0.15) is 0 Å². The van der Waals surface area contributed by atoms with Crippen LogP contribution in [0.4, 0.5) is 0 Å². The van der Waals surface area contributed by atoms with Crippen molar-refractivity contribution in [3.63, 3.8) is 0 Å². The number of hydrogen-bond donors (Lipinski definition) is 1. The van der Waals surface area contributed by atoms with Gasteiger partial charge in [0.1, 0.15) is 0 Å². The van der Waals surface area contributed by atoms with Crippen molar-refractivity contribution in [1.82, 2.24) is 5.32 Å². The lowest BCUT2D eigenvalue weighted by Gasteiger charge is -2.57. The molecule has 3 heteroatoms. The van der Waals surface area contributed by atoms with Crippen LogP contribution >= 0.6 is 27.3 Å². The molecule has 0 saturated heterocycles. The summed E-state index contributed by atoms with van der Waals surface area (Å²) < 4.78 is 1.28. The van der Waals surface area contributed by atoms with Gasteiger partial charge in [-0.05, 0) is 110 Å². The Labute approximate surface area is 141 Å². The monoisotopic (exact) mass is 367 g/mol. The molecule has 0 aliphatic heterocycles. The van der Waals surface area contributed by atoms with Gasteiger partial charge in [-0.1, -0.05) is 0 Å². The van der Waals surface area contributed by atoms with Crippen LogP contribution in [-0.2, 0) is 0 Å². The molecular weight excluding hydrogens is 342 g/mol. The first-order chi connectivity index (χ1) is 10.1. The Balaban J connectivity index is 1.58. The second-order valence-corrected chi connectivity index (χ2v) is 10.7. The topological polar surface area (TPSA) is 12.0 Å². The highest BCUT2D eigenvalue weighted by atomic mass is 79.9. The molecule has 1 N–H and O–H groups in total. The Hall–Kier alpha value is 0.140. The zero-order valence-corrected chi connectivity index (χ0v) is 15.5. The summed E-state index contributed by atoms with van der Waals surface area (Å²) in [6.07, 6.45) is 10.5. The summed E-state index contributed by atoms with van der Waals surface area (Å²) in [5, 5.41) is 3.63. The summed E-state index contributed by atoms with van der Waals surface area (Å²) in [4.78, 5) is 1.48. The average molecular weight is 368 g/mol. The Bertz CT molecular complexity index is 500. The van der Waals surface area contributed by atoms with Crippen LogP contribution in [0.1, 0.15) is 61.4 Å². The van der Waals surface area contributed by atoms with Gasteiger partial charge in [-0.25, -0.2) is 0 Å². The summed E-state index contributed by atoms with van der Waals surface area (Å²) >= 11 is 5.55. The lowest BCUT2D eigenvalue weighted by Crippen LogP contribution is -2.47. The lowest BCUT2D eigenvalue weighted by molar-refractivity contribution is -0.0619. The van der Waals surface area contributed by atoms with Crippen molar-refractivity contribution in [3.05, 3.63) is 20.3 Å². The van der Waals surface area contributed by atoms with E-state index in [9.17, 15) is 0 Å². The molecule has 1 unspecified atom stereocenters. The maximum atomic E-state index is 3.66. The minimum atomic E-state index is 0.545. The zero-order valence-electron chi connectivity index (χ0n) is 13.1. The van der Waals surface area contributed by atoms with Gasteiger partial charge in [0, 0.05) is 10.9 Å². The molecule has 1 heterocycles. The van der Waals surface area contributed by atoms with E-state index >= 15 is 0 Å². The quantitative estimate of drug-likeness (QED) is 0.720. The molecule has 0 radical (unpaired) electrons. The molecule has 4 fully saturated rings. The number of rotatable bonds is 4. The average Bonchev–Trinajstić information content (AvgIpc) is 2.73. The van der Waals surface area contributed by atoms with Gasteiger partial charge in [-0.3, -0.25) is 0 Å². The molecule has 4 saturated carbocycles. The fraction of sp³-hybridized carbons (Fsp3) is 0.778. The maximum absolute atomic E-state index is 3.66. The van der Waals surface area contributed by atoms with E-state index < -0.39 is 0 Å². The number of hydrogen-bond acceptors (Lipinski definition) is 2. The van der Waals surface area contributed by atoms with Crippen molar-refractivity contribution in [2.75, 3.05) is 7.05 Å². The number of halogens is 1. The molecule has 0 amide bonds. The van der Waals surface area contributed by atoms with Crippen molar-refractivity contribution in [3.8, 4) is 0 Å². The van der Waals surface area contributed by atoms with Crippen molar-refractivity contribution < 1.29 is 0 Å². The van der Waals surface area contributed by atoms with E-state index in [-0.39, 0.29) is 0 Å². The molecule has 1 atom stereocenters. The standard InChI is InChI=1S/C18H26BrNS/c1-11-15(6-17(19)21-11)16(20-2)10-18-7-12-3-13(8-18)5-14(4-12)9-18/h6,12-14,16,20H,3-5,7-10H2,1-2H3. The van der Waals surface area contributed by atoms with Gasteiger partial charge in [0.15, 0.2) is 0 Å². The Morgan fingerprint density at radius 3 is 2.24 bits per heavy atom. The molecule has 116 valence electrons. The van der Waals surface area contributed by atoms with Crippen molar-refractivity contribution in [2.45, 2.75) is 57.9 Å². The van der Waals surface area contributed by atoms with E-state index in [2.05, 4.69) is 41.3 Å². The molecule has 4 bridgehead atoms. The third kappa shape index (κ3) is 2.64. The molecule has 21 heavy (non-hydrogen) atoms. The van der Waals surface area contributed by atoms with Gasteiger partial charge in [0.2, 0.25) is 0 Å².